The monoisotopic (exact) mass is 368 g/mol. The van der Waals surface area contributed by atoms with Gasteiger partial charge in [0, 0.05) is 6.08 Å². The zero-order valence-corrected chi connectivity index (χ0v) is 15.1. The third-order valence-electron chi connectivity index (χ3n) is 3.85. The molecule has 0 spiro atoms. The van der Waals surface area contributed by atoms with E-state index in [1.54, 1.807) is 24.3 Å². The first-order valence-corrected chi connectivity index (χ1v) is 8.38. The van der Waals surface area contributed by atoms with E-state index in [4.69, 9.17) is 14.2 Å². The lowest BCUT2D eigenvalue weighted by atomic mass is 10.1. The van der Waals surface area contributed by atoms with Crippen molar-refractivity contribution in [2.24, 2.45) is 0 Å². The second kappa shape index (κ2) is 8.27. The van der Waals surface area contributed by atoms with Crippen molar-refractivity contribution in [1.29, 1.82) is 0 Å². The van der Waals surface area contributed by atoms with E-state index in [-0.39, 0.29) is 13.4 Å². The maximum Gasteiger partial charge on any atom is 0.276 e. The van der Waals surface area contributed by atoms with Crippen molar-refractivity contribution >= 4 is 17.9 Å². The van der Waals surface area contributed by atoms with Crippen LogP contribution >= 0.6 is 0 Å². The van der Waals surface area contributed by atoms with Crippen molar-refractivity contribution in [3.63, 3.8) is 0 Å². The van der Waals surface area contributed by atoms with E-state index in [0.29, 0.717) is 17.2 Å². The Morgan fingerprint density at radius 2 is 1.89 bits per heavy atom. The number of carbonyl (C=O) groups excluding carboxylic acids is 2. The molecule has 2 amide bonds. The second-order valence-corrected chi connectivity index (χ2v) is 6.04. The number of benzene rings is 2. The number of amides is 2. The van der Waals surface area contributed by atoms with E-state index in [1.165, 1.54) is 6.08 Å². The van der Waals surface area contributed by atoms with E-state index in [9.17, 15) is 9.59 Å². The minimum atomic E-state index is -0.465. The van der Waals surface area contributed by atoms with Crippen LogP contribution in [0.5, 0.6) is 17.2 Å². The molecule has 2 aromatic carbocycles. The first kappa shape index (κ1) is 18.3. The smallest absolute Gasteiger partial charge is 0.276 e. The second-order valence-electron chi connectivity index (χ2n) is 6.04. The van der Waals surface area contributed by atoms with Crippen molar-refractivity contribution in [2.75, 3.05) is 13.4 Å². The normalized spacial score (nSPS) is 12.1. The van der Waals surface area contributed by atoms with Gasteiger partial charge in [-0.2, -0.15) is 0 Å². The Morgan fingerprint density at radius 1 is 1.07 bits per heavy atom. The van der Waals surface area contributed by atoms with Gasteiger partial charge in [0.25, 0.3) is 11.8 Å². The summed E-state index contributed by atoms with van der Waals surface area (Å²) in [7, 11) is 0. The molecule has 2 aromatic rings. The van der Waals surface area contributed by atoms with Crippen LogP contribution in [-0.2, 0) is 9.59 Å². The highest BCUT2D eigenvalue weighted by Crippen LogP contribution is 2.32. The summed E-state index contributed by atoms with van der Waals surface area (Å²) >= 11 is 0. The SMILES string of the molecule is Cc1ccc(C)c(OCC(=O)NNC(=O)C=Cc2ccc3c(c2)OCO3)c1. The van der Waals surface area contributed by atoms with Crippen LogP contribution in [-0.4, -0.2) is 25.2 Å². The highest BCUT2D eigenvalue weighted by molar-refractivity contribution is 5.93. The van der Waals surface area contributed by atoms with Crippen molar-refractivity contribution in [3.05, 3.63) is 59.2 Å². The van der Waals surface area contributed by atoms with E-state index in [0.717, 1.165) is 16.7 Å². The van der Waals surface area contributed by atoms with Crippen LogP contribution < -0.4 is 25.1 Å². The van der Waals surface area contributed by atoms with Gasteiger partial charge in [-0.3, -0.25) is 20.4 Å². The third kappa shape index (κ3) is 5.01. The fourth-order valence-electron chi connectivity index (χ4n) is 2.40. The molecule has 1 heterocycles. The standard InChI is InChI=1S/C20H20N2O5/c1-13-3-4-14(2)17(9-13)25-11-20(24)22-21-19(23)8-6-15-5-7-16-18(10-15)27-12-26-16/h3-10H,11-12H2,1-2H3,(H,21,23)(H,22,24). The number of ether oxygens (including phenoxy) is 3. The lowest BCUT2D eigenvalue weighted by molar-refractivity contribution is -0.128. The Morgan fingerprint density at radius 3 is 2.74 bits per heavy atom. The van der Waals surface area contributed by atoms with E-state index in [1.807, 2.05) is 32.0 Å². The van der Waals surface area contributed by atoms with Gasteiger partial charge in [-0.15, -0.1) is 0 Å². The Hall–Kier alpha value is -3.48. The summed E-state index contributed by atoms with van der Waals surface area (Å²) in [4.78, 5) is 23.6. The molecule has 0 atom stereocenters. The molecule has 0 radical (unpaired) electrons. The molecule has 3 rings (SSSR count). The topological polar surface area (TPSA) is 85.9 Å². The number of carbonyl (C=O) groups is 2. The molecule has 0 bridgehead atoms. The molecule has 0 saturated carbocycles. The Bertz CT molecular complexity index is 892. The molecular weight excluding hydrogens is 348 g/mol. The van der Waals surface area contributed by atoms with Gasteiger partial charge in [-0.25, -0.2) is 0 Å². The predicted octanol–water partition coefficient (Wildman–Crippen LogP) is 2.27. The molecule has 0 unspecified atom stereocenters. The fraction of sp³-hybridized carbons (Fsp3) is 0.200. The minimum absolute atomic E-state index is 0.194. The number of hydrogen-bond donors (Lipinski definition) is 2. The van der Waals surface area contributed by atoms with Crippen LogP contribution in [0.3, 0.4) is 0 Å². The first-order chi connectivity index (χ1) is 13.0. The maximum absolute atomic E-state index is 11.8. The molecular formula is C20H20N2O5. The van der Waals surface area contributed by atoms with E-state index < -0.39 is 11.8 Å². The van der Waals surface area contributed by atoms with Crippen LogP contribution in [0.1, 0.15) is 16.7 Å². The summed E-state index contributed by atoms with van der Waals surface area (Å²) in [5.74, 6) is 1.02. The average molecular weight is 368 g/mol. The van der Waals surface area contributed by atoms with Crippen LogP contribution in [0.25, 0.3) is 6.08 Å². The van der Waals surface area contributed by atoms with Gasteiger partial charge in [-0.1, -0.05) is 18.2 Å². The minimum Gasteiger partial charge on any atom is -0.483 e. The van der Waals surface area contributed by atoms with Gasteiger partial charge in [0.05, 0.1) is 0 Å². The Labute approximate surface area is 156 Å². The highest BCUT2D eigenvalue weighted by atomic mass is 16.7. The fourth-order valence-corrected chi connectivity index (χ4v) is 2.40. The van der Waals surface area contributed by atoms with Crippen LogP contribution in [0.2, 0.25) is 0 Å². The van der Waals surface area contributed by atoms with E-state index >= 15 is 0 Å². The molecule has 0 aromatic heterocycles. The summed E-state index contributed by atoms with van der Waals surface area (Å²) in [6, 6.07) is 11.1. The molecule has 1 aliphatic rings. The number of hydrazine groups is 1. The third-order valence-corrected chi connectivity index (χ3v) is 3.85. The van der Waals surface area contributed by atoms with Crippen molar-refractivity contribution in [2.45, 2.75) is 13.8 Å². The molecule has 7 heteroatoms. The van der Waals surface area contributed by atoms with Crippen molar-refractivity contribution < 1.29 is 23.8 Å². The lowest BCUT2D eigenvalue weighted by Crippen LogP contribution is -2.43. The van der Waals surface area contributed by atoms with Crippen molar-refractivity contribution in [1.82, 2.24) is 10.9 Å². The number of rotatable bonds is 5. The molecule has 27 heavy (non-hydrogen) atoms. The summed E-state index contributed by atoms with van der Waals surface area (Å²) in [5.41, 5.74) is 7.36. The zero-order valence-electron chi connectivity index (χ0n) is 15.1. The number of fused-ring (bicyclic) bond motifs is 1. The zero-order chi connectivity index (χ0) is 19.2. The number of aryl methyl sites for hydroxylation is 2. The Balaban J connectivity index is 1.44. The van der Waals surface area contributed by atoms with Crippen LogP contribution in [0, 0.1) is 13.8 Å². The molecule has 0 fully saturated rings. The van der Waals surface area contributed by atoms with Crippen LogP contribution in [0.4, 0.5) is 0 Å². The first-order valence-electron chi connectivity index (χ1n) is 8.38. The van der Waals surface area contributed by atoms with Gasteiger partial charge < -0.3 is 14.2 Å². The van der Waals surface area contributed by atoms with Gasteiger partial charge in [0.2, 0.25) is 6.79 Å². The molecule has 2 N–H and O–H groups in total. The average Bonchev–Trinajstić information content (AvgIpc) is 3.13. The number of nitrogens with one attached hydrogen (secondary N) is 2. The van der Waals surface area contributed by atoms with Gasteiger partial charge in [0.15, 0.2) is 18.1 Å². The lowest BCUT2D eigenvalue weighted by Gasteiger charge is -2.10. The summed E-state index contributed by atoms with van der Waals surface area (Å²) in [5, 5.41) is 0. The molecule has 7 nitrogen and oxygen atoms in total. The summed E-state index contributed by atoms with van der Waals surface area (Å²) in [6.07, 6.45) is 2.92. The van der Waals surface area contributed by atoms with Gasteiger partial charge in [0.1, 0.15) is 5.75 Å². The quantitative estimate of drug-likeness (QED) is 0.625. The number of hydrogen-bond acceptors (Lipinski definition) is 5. The molecule has 0 saturated heterocycles. The summed E-state index contributed by atoms with van der Waals surface area (Å²) in [6.45, 7) is 3.84. The summed E-state index contributed by atoms with van der Waals surface area (Å²) < 4.78 is 16.0. The molecule has 140 valence electrons. The van der Waals surface area contributed by atoms with Crippen LogP contribution in [0.15, 0.2) is 42.5 Å². The van der Waals surface area contributed by atoms with Crippen molar-refractivity contribution in [3.8, 4) is 17.2 Å². The van der Waals surface area contributed by atoms with E-state index in [2.05, 4.69) is 10.9 Å². The Kier molecular flexibility index (Phi) is 5.61. The maximum atomic E-state index is 11.8. The molecule has 0 aliphatic carbocycles. The predicted molar refractivity (Wildman–Crippen MR) is 99.3 cm³/mol. The van der Waals surface area contributed by atoms with Gasteiger partial charge >= 0.3 is 0 Å². The van der Waals surface area contributed by atoms with Gasteiger partial charge in [-0.05, 0) is 54.8 Å². The highest BCUT2D eigenvalue weighted by Gasteiger charge is 2.12. The molecule has 1 aliphatic heterocycles. The largest absolute Gasteiger partial charge is 0.483 e.